The van der Waals surface area contributed by atoms with Crippen molar-refractivity contribution in [3.63, 3.8) is 0 Å². The molecule has 0 saturated carbocycles. The first kappa shape index (κ1) is 14.9. The first-order chi connectivity index (χ1) is 8.92. The Balaban J connectivity index is 3.43. The number of hydrogen-bond acceptors (Lipinski definition) is 5. The maximum atomic E-state index is 11.8. The molecule has 0 aliphatic rings. The maximum absolute atomic E-state index is 11.8. The molecule has 1 heterocycles. The minimum absolute atomic E-state index is 0.264. The first-order valence-electron chi connectivity index (χ1n) is 5.48. The number of hydrogen-bond donors (Lipinski definition) is 1. The molecule has 0 radical (unpaired) electrons. The SMILES string of the molecule is COC(=O)c1c(NC(C)=O)sc(/C(C)=C\C#N)c1C. The van der Waals surface area contributed by atoms with E-state index in [1.807, 2.05) is 6.07 Å². The van der Waals surface area contributed by atoms with Gasteiger partial charge >= 0.3 is 5.97 Å². The summed E-state index contributed by atoms with van der Waals surface area (Å²) in [4.78, 5) is 23.7. The summed E-state index contributed by atoms with van der Waals surface area (Å²) in [6.45, 7) is 4.91. The van der Waals surface area contributed by atoms with Crippen molar-refractivity contribution in [2.45, 2.75) is 20.8 Å². The number of ether oxygens (including phenoxy) is 1. The Morgan fingerprint density at radius 3 is 2.53 bits per heavy atom. The number of amides is 1. The molecule has 0 saturated heterocycles. The zero-order chi connectivity index (χ0) is 14.6. The van der Waals surface area contributed by atoms with Crippen molar-refractivity contribution in [3.8, 4) is 6.07 Å². The lowest BCUT2D eigenvalue weighted by atomic mass is 10.1. The van der Waals surface area contributed by atoms with Gasteiger partial charge in [0.1, 0.15) is 5.00 Å². The predicted octanol–water partition coefficient (Wildman–Crippen LogP) is 2.73. The van der Waals surface area contributed by atoms with Gasteiger partial charge in [0.15, 0.2) is 0 Å². The van der Waals surface area contributed by atoms with Crippen molar-refractivity contribution >= 4 is 33.8 Å². The summed E-state index contributed by atoms with van der Waals surface area (Å²) < 4.78 is 4.72. The van der Waals surface area contributed by atoms with Gasteiger partial charge in [0, 0.05) is 17.9 Å². The minimum Gasteiger partial charge on any atom is -0.465 e. The van der Waals surface area contributed by atoms with Crippen LogP contribution in [0.2, 0.25) is 0 Å². The van der Waals surface area contributed by atoms with E-state index >= 15 is 0 Å². The second kappa shape index (κ2) is 6.16. The molecule has 100 valence electrons. The molecule has 0 aliphatic heterocycles. The third-order valence-electron chi connectivity index (χ3n) is 2.47. The van der Waals surface area contributed by atoms with E-state index in [0.29, 0.717) is 16.1 Å². The zero-order valence-electron chi connectivity index (χ0n) is 11.2. The molecule has 19 heavy (non-hydrogen) atoms. The van der Waals surface area contributed by atoms with Crippen LogP contribution in [-0.4, -0.2) is 19.0 Å². The lowest BCUT2D eigenvalue weighted by Crippen LogP contribution is -2.10. The lowest BCUT2D eigenvalue weighted by molar-refractivity contribution is -0.114. The summed E-state index contributed by atoms with van der Waals surface area (Å²) >= 11 is 1.25. The molecular formula is C13H14N2O3S. The van der Waals surface area contributed by atoms with Crippen LogP contribution in [0.3, 0.4) is 0 Å². The van der Waals surface area contributed by atoms with E-state index in [2.05, 4.69) is 5.32 Å². The number of esters is 1. The fourth-order valence-electron chi connectivity index (χ4n) is 1.65. The number of allylic oxidation sites excluding steroid dienone is 2. The minimum atomic E-state index is -0.506. The summed E-state index contributed by atoms with van der Waals surface area (Å²) in [5.74, 6) is -0.770. The van der Waals surface area contributed by atoms with E-state index in [9.17, 15) is 9.59 Å². The van der Waals surface area contributed by atoms with E-state index in [1.165, 1.54) is 31.4 Å². The van der Waals surface area contributed by atoms with Crippen LogP contribution in [0.5, 0.6) is 0 Å². The molecule has 0 spiro atoms. The van der Waals surface area contributed by atoms with Crippen molar-refractivity contribution in [2.75, 3.05) is 12.4 Å². The molecule has 0 aromatic carbocycles. The lowest BCUT2D eigenvalue weighted by Gasteiger charge is -2.03. The van der Waals surface area contributed by atoms with E-state index in [0.717, 1.165) is 10.5 Å². The molecule has 5 nitrogen and oxygen atoms in total. The topological polar surface area (TPSA) is 79.2 Å². The van der Waals surface area contributed by atoms with Gasteiger partial charge in [0.2, 0.25) is 5.91 Å². The van der Waals surface area contributed by atoms with Crippen molar-refractivity contribution < 1.29 is 14.3 Å². The average molecular weight is 278 g/mol. The number of nitrogens with zero attached hydrogens (tertiary/aromatic N) is 1. The third kappa shape index (κ3) is 3.20. The number of thiophene rings is 1. The molecule has 1 rings (SSSR count). The largest absolute Gasteiger partial charge is 0.465 e. The zero-order valence-corrected chi connectivity index (χ0v) is 12.0. The number of nitriles is 1. The summed E-state index contributed by atoms with van der Waals surface area (Å²) in [6.07, 6.45) is 1.40. The van der Waals surface area contributed by atoms with E-state index in [1.54, 1.807) is 13.8 Å². The van der Waals surface area contributed by atoms with Crippen LogP contribution in [0.1, 0.15) is 34.6 Å². The normalized spacial score (nSPS) is 10.8. The second-order valence-corrected chi connectivity index (χ2v) is 4.91. The Hall–Kier alpha value is -2.13. The summed E-state index contributed by atoms with van der Waals surface area (Å²) in [5, 5.41) is 11.7. The molecule has 1 amide bonds. The van der Waals surface area contributed by atoms with Gasteiger partial charge < -0.3 is 10.1 Å². The number of carbonyl (C=O) groups is 2. The van der Waals surface area contributed by atoms with Crippen LogP contribution in [0.4, 0.5) is 5.00 Å². The van der Waals surface area contributed by atoms with Gasteiger partial charge in [-0.05, 0) is 25.0 Å². The van der Waals surface area contributed by atoms with Crippen LogP contribution in [0.15, 0.2) is 6.08 Å². The molecule has 0 aliphatic carbocycles. The molecule has 1 N–H and O–H groups in total. The van der Waals surface area contributed by atoms with Crippen LogP contribution in [0, 0.1) is 18.3 Å². The smallest absolute Gasteiger partial charge is 0.341 e. The van der Waals surface area contributed by atoms with Gasteiger partial charge in [-0.15, -0.1) is 11.3 Å². The van der Waals surface area contributed by atoms with E-state index in [-0.39, 0.29) is 5.91 Å². The highest BCUT2D eigenvalue weighted by molar-refractivity contribution is 7.18. The van der Waals surface area contributed by atoms with E-state index < -0.39 is 5.97 Å². The molecule has 0 fully saturated rings. The van der Waals surface area contributed by atoms with Crippen molar-refractivity contribution in [1.29, 1.82) is 5.26 Å². The van der Waals surface area contributed by atoms with Crippen LogP contribution in [-0.2, 0) is 9.53 Å². The number of nitrogens with one attached hydrogen (secondary N) is 1. The average Bonchev–Trinajstić information content (AvgIpc) is 2.65. The predicted molar refractivity (Wildman–Crippen MR) is 74.0 cm³/mol. The highest BCUT2D eigenvalue weighted by Gasteiger charge is 2.23. The Morgan fingerprint density at radius 2 is 2.05 bits per heavy atom. The monoisotopic (exact) mass is 278 g/mol. The van der Waals surface area contributed by atoms with Crippen molar-refractivity contribution in [3.05, 3.63) is 22.1 Å². The van der Waals surface area contributed by atoms with Crippen LogP contribution in [0.25, 0.3) is 5.57 Å². The second-order valence-electron chi connectivity index (χ2n) is 3.89. The highest BCUT2D eigenvalue weighted by Crippen LogP contribution is 2.37. The van der Waals surface area contributed by atoms with E-state index in [4.69, 9.17) is 10.00 Å². The first-order valence-corrected chi connectivity index (χ1v) is 6.30. The molecule has 1 aromatic heterocycles. The van der Waals surface area contributed by atoms with Crippen LogP contribution < -0.4 is 5.32 Å². The molecular weight excluding hydrogens is 264 g/mol. The Labute approximate surface area is 115 Å². The maximum Gasteiger partial charge on any atom is 0.341 e. The number of anilines is 1. The Morgan fingerprint density at radius 1 is 1.42 bits per heavy atom. The van der Waals surface area contributed by atoms with Gasteiger partial charge in [-0.1, -0.05) is 0 Å². The summed E-state index contributed by atoms with van der Waals surface area (Å²) in [6, 6.07) is 1.95. The van der Waals surface area contributed by atoms with Gasteiger partial charge in [-0.3, -0.25) is 4.79 Å². The fraction of sp³-hybridized carbons (Fsp3) is 0.308. The van der Waals surface area contributed by atoms with Gasteiger partial charge in [0.05, 0.1) is 18.7 Å². The highest BCUT2D eigenvalue weighted by atomic mass is 32.1. The van der Waals surface area contributed by atoms with Crippen molar-refractivity contribution in [1.82, 2.24) is 0 Å². The molecule has 0 atom stereocenters. The van der Waals surface area contributed by atoms with Gasteiger partial charge in [0.25, 0.3) is 0 Å². The standard InChI is InChI=1S/C13H14N2O3S/c1-7(5-6-14)11-8(2)10(13(17)18-4)12(19-11)15-9(3)16/h5H,1-4H3,(H,15,16)/b7-5-. The van der Waals surface area contributed by atoms with Gasteiger partial charge in [-0.25, -0.2) is 4.79 Å². The Bertz CT molecular complexity index is 594. The molecule has 0 unspecified atom stereocenters. The number of carbonyl (C=O) groups excluding carboxylic acids is 2. The molecule has 6 heteroatoms. The number of rotatable bonds is 3. The summed E-state index contributed by atoms with van der Waals surface area (Å²) in [5.41, 5.74) is 1.78. The van der Waals surface area contributed by atoms with Crippen LogP contribution >= 0.6 is 11.3 Å². The number of methoxy groups -OCH3 is 1. The summed E-state index contributed by atoms with van der Waals surface area (Å²) in [7, 11) is 1.29. The molecule has 1 aromatic rings. The quantitative estimate of drug-likeness (QED) is 0.681. The Kier molecular flexibility index (Phi) is 4.84. The fourth-order valence-corrected chi connectivity index (χ4v) is 2.86. The third-order valence-corrected chi connectivity index (χ3v) is 3.81. The molecule has 0 bridgehead atoms. The van der Waals surface area contributed by atoms with Gasteiger partial charge in [-0.2, -0.15) is 5.26 Å². The van der Waals surface area contributed by atoms with Crippen molar-refractivity contribution in [2.24, 2.45) is 0 Å².